The van der Waals surface area contributed by atoms with Gasteiger partial charge >= 0.3 is 0 Å². The number of aromatic hydroxyl groups is 1. The summed E-state index contributed by atoms with van der Waals surface area (Å²) in [6.45, 7) is 0. The zero-order valence-corrected chi connectivity index (χ0v) is 13.3. The number of phenolic OH excluding ortho intramolecular Hbond substituents is 1. The predicted molar refractivity (Wildman–Crippen MR) is 94.5 cm³/mol. The van der Waals surface area contributed by atoms with Crippen molar-refractivity contribution >= 4 is 35.0 Å². The molecule has 2 rings (SSSR count). The van der Waals surface area contributed by atoms with Crippen molar-refractivity contribution in [3.63, 3.8) is 0 Å². The van der Waals surface area contributed by atoms with E-state index in [0.717, 1.165) is 5.56 Å². The zero-order valence-electron chi connectivity index (χ0n) is 12.4. The number of phenols is 1. The number of ether oxygens (including phenoxy) is 1. The highest BCUT2D eigenvalue weighted by Gasteiger charge is 2.03. The number of anilines is 1. The molecule has 0 unspecified atom stereocenters. The van der Waals surface area contributed by atoms with Gasteiger partial charge in [0.25, 0.3) is 0 Å². The molecule has 0 aromatic heterocycles. The second kappa shape index (κ2) is 7.95. The number of methoxy groups -OCH3 is 1. The third kappa shape index (κ3) is 5.12. The fraction of sp³-hybridized carbons (Fsp3) is 0.0588. The van der Waals surface area contributed by atoms with Gasteiger partial charge in [-0.25, -0.2) is 0 Å². The van der Waals surface area contributed by atoms with Crippen LogP contribution in [0.25, 0.3) is 6.08 Å². The van der Waals surface area contributed by atoms with E-state index in [2.05, 4.69) is 10.6 Å². The molecular weight excluding hydrogens is 312 g/mol. The highest BCUT2D eigenvalue weighted by atomic mass is 32.1. The largest absolute Gasteiger partial charge is 0.508 e. The number of nitrogens with one attached hydrogen (secondary N) is 2. The number of hydrogen-bond donors (Lipinski definition) is 3. The Hall–Kier alpha value is -2.86. The van der Waals surface area contributed by atoms with Crippen LogP contribution in [0.5, 0.6) is 11.5 Å². The van der Waals surface area contributed by atoms with Crippen LogP contribution >= 0.6 is 12.2 Å². The van der Waals surface area contributed by atoms with Gasteiger partial charge in [0.15, 0.2) is 5.11 Å². The molecule has 0 aliphatic carbocycles. The molecule has 23 heavy (non-hydrogen) atoms. The Labute approximate surface area is 139 Å². The number of carbonyl (C=O) groups is 1. The van der Waals surface area contributed by atoms with Gasteiger partial charge in [-0.2, -0.15) is 0 Å². The molecule has 0 aliphatic rings. The van der Waals surface area contributed by atoms with Crippen LogP contribution in [0, 0.1) is 0 Å². The number of para-hydroxylation sites is 1. The summed E-state index contributed by atoms with van der Waals surface area (Å²) in [5.41, 5.74) is 1.46. The van der Waals surface area contributed by atoms with Gasteiger partial charge in [0, 0.05) is 17.3 Å². The maximum atomic E-state index is 11.9. The number of amides is 1. The summed E-state index contributed by atoms with van der Waals surface area (Å²) in [6, 6.07) is 13.7. The van der Waals surface area contributed by atoms with E-state index < -0.39 is 0 Å². The van der Waals surface area contributed by atoms with Crippen molar-refractivity contribution in [3.8, 4) is 11.5 Å². The van der Waals surface area contributed by atoms with E-state index in [9.17, 15) is 9.90 Å². The number of thiocarbonyl (C=S) groups is 1. The van der Waals surface area contributed by atoms with Crippen molar-refractivity contribution < 1.29 is 14.6 Å². The lowest BCUT2D eigenvalue weighted by molar-refractivity contribution is -0.115. The molecule has 0 fully saturated rings. The summed E-state index contributed by atoms with van der Waals surface area (Å²) in [5.74, 6) is 0.485. The minimum atomic E-state index is -0.354. The first-order chi connectivity index (χ1) is 11.1. The topological polar surface area (TPSA) is 70.6 Å². The lowest BCUT2D eigenvalue weighted by Gasteiger charge is -2.08. The number of carbonyl (C=O) groups excluding carboxylic acids is 1. The van der Waals surface area contributed by atoms with E-state index in [1.54, 1.807) is 25.3 Å². The average molecular weight is 328 g/mol. The quantitative estimate of drug-likeness (QED) is 0.457. The van der Waals surface area contributed by atoms with Gasteiger partial charge in [0.1, 0.15) is 11.5 Å². The van der Waals surface area contributed by atoms with E-state index in [4.69, 9.17) is 17.0 Å². The SMILES string of the molecule is COc1ccccc1/C=C/C(=O)NC(=S)Nc1ccc(O)cc1. The van der Waals surface area contributed by atoms with E-state index in [1.165, 1.54) is 18.2 Å². The normalized spacial score (nSPS) is 10.3. The first-order valence-electron chi connectivity index (χ1n) is 6.80. The molecule has 1 amide bonds. The molecule has 2 aromatic carbocycles. The molecule has 0 aliphatic heterocycles. The van der Waals surface area contributed by atoms with Crippen LogP contribution in [-0.4, -0.2) is 23.2 Å². The highest BCUT2D eigenvalue weighted by Crippen LogP contribution is 2.18. The second-order valence-corrected chi connectivity index (χ2v) is 4.97. The minimum absolute atomic E-state index is 0.158. The van der Waals surface area contributed by atoms with Gasteiger partial charge in [-0.05, 0) is 48.6 Å². The average Bonchev–Trinajstić information content (AvgIpc) is 2.55. The third-order valence-corrected chi connectivity index (χ3v) is 3.12. The standard InChI is InChI=1S/C17H16N2O3S/c1-22-15-5-3-2-4-12(15)6-11-16(21)19-17(23)18-13-7-9-14(20)10-8-13/h2-11,20H,1H3,(H2,18,19,21,23)/b11-6+. The fourth-order valence-electron chi connectivity index (χ4n) is 1.83. The maximum absolute atomic E-state index is 11.9. The summed E-state index contributed by atoms with van der Waals surface area (Å²) in [7, 11) is 1.57. The Balaban J connectivity index is 1.92. The summed E-state index contributed by atoms with van der Waals surface area (Å²) in [4.78, 5) is 11.9. The van der Waals surface area contributed by atoms with Gasteiger partial charge in [0.2, 0.25) is 5.91 Å². The Morgan fingerprint density at radius 1 is 1.17 bits per heavy atom. The van der Waals surface area contributed by atoms with Crippen molar-refractivity contribution in [1.29, 1.82) is 0 Å². The van der Waals surface area contributed by atoms with Crippen LogP contribution in [-0.2, 0) is 4.79 Å². The molecular formula is C17H16N2O3S. The zero-order chi connectivity index (χ0) is 16.7. The summed E-state index contributed by atoms with van der Waals surface area (Å²) in [5, 5.41) is 14.8. The van der Waals surface area contributed by atoms with E-state index in [1.807, 2.05) is 24.3 Å². The molecule has 5 nitrogen and oxygen atoms in total. The highest BCUT2D eigenvalue weighted by molar-refractivity contribution is 7.80. The molecule has 118 valence electrons. The van der Waals surface area contributed by atoms with Crippen molar-refractivity contribution in [1.82, 2.24) is 5.32 Å². The summed E-state index contributed by atoms with van der Waals surface area (Å²) < 4.78 is 5.21. The molecule has 0 spiro atoms. The van der Waals surface area contributed by atoms with Crippen molar-refractivity contribution in [2.24, 2.45) is 0 Å². The summed E-state index contributed by atoms with van der Waals surface area (Å²) in [6.07, 6.45) is 3.03. The van der Waals surface area contributed by atoms with Crippen molar-refractivity contribution in [2.75, 3.05) is 12.4 Å². The molecule has 0 saturated heterocycles. The van der Waals surface area contributed by atoms with Crippen LogP contribution in [0.4, 0.5) is 5.69 Å². The molecule has 3 N–H and O–H groups in total. The van der Waals surface area contributed by atoms with Crippen LogP contribution in [0.15, 0.2) is 54.6 Å². The van der Waals surface area contributed by atoms with E-state index in [0.29, 0.717) is 11.4 Å². The number of benzene rings is 2. The fourth-order valence-corrected chi connectivity index (χ4v) is 2.05. The van der Waals surface area contributed by atoms with Crippen LogP contribution in [0.3, 0.4) is 0 Å². The molecule has 0 radical (unpaired) electrons. The first kappa shape index (κ1) is 16.5. The van der Waals surface area contributed by atoms with Gasteiger partial charge in [0.05, 0.1) is 7.11 Å². The Kier molecular flexibility index (Phi) is 5.71. The predicted octanol–water partition coefficient (Wildman–Crippen LogP) is 2.93. The van der Waals surface area contributed by atoms with Gasteiger partial charge in [-0.3, -0.25) is 10.1 Å². The molecule has 0 saturated carbocycles. The number of rotatable bonds is 4. The van der Waals surface area contributed by atoms with Gasteiger partial charge < -0.3 is 15.2 Å². The van der Waals surface area contributed by atoms with Crippen molar-refractivity contribution in [3.05, 3.63) is 60.2 Å². The van der Waals surface area contributed by atoms with Crippen LogP contribution in [0.1, 0.15) is 5.56 Å². The second-order valence-electron chi connectivity index (χ2n) is 4.57. The smallest absolute Gasteiger partial charge is 0.250 e. The molecule has 2 aromatic rings. The minimum Gasteiger partial charge on any atom is -0.508 e. The van der Waals surface area contributed by atoms with Crippen molar-refractivity contribution in [2.45, 2.75) is 0 Å². The molecule has 0 bridgehead atoms. The maximum Gasteiger partial charge on any atom is 0.250 e. The summed E-state index contributed by atoms with van der Waals surface area (Å²) >= 11 is 5.06. The monoisotopic (exact) mass is 328 g/mol. The van der Waals surface area contributed by atoms with Gasteiger partial charge in [-0.15, -0.1) is 0 Å². The van der Waals surface area contributed by atoms with Crippen LogP contribution < -0.4 is 15.4 Å². The molecule has 0 heterocycles. The number of hydrogen-bond acceptors (Lipinski definition) is 4. The van der Waals surface area contributed by atoms with E-state index in [-0.39, 0.29) is 16.8 Å². The van der Waals surface area contributed by atoms with Gasteiger partial charge in [-0.1, -0.05) is 18.2 Å². The Morgan fingerprint density at radius 2 is 1.87 bits per heavy atom. The first-order valence-corrected chi connectivity index (χ1v) is 7.21. The Morgan fingerprint density at radius 3 is 2.57 bits per heavy atom. The lowest BCUT2D eigenvalue weighted by atomic mass is 10.2. The van der Waals surface area contributed by atoms with E-state index >= 15 is 0 Å². The molecule has 0 atom stereocenters. The lowest BCUT2D eigenvalue weighted by Crippen LogP contribution is -2.32. The van der Waals surface area contributed by atoms with Crippen LogP contribution in [0.2, 0.25) is 0 Å². The third-order valence-electron chi connectivity index (χ3n) is 2.92. The Bertz CT molecular complexity index is 727. The molecule has 6 heteroatoms.